The number of esters is 1. The normalized spacial score (nSPS) is 20.2. The van der Waals surface area contributed by atoms with Gasteiger partial charge in [-0.25, -0.2) is 0 Å². The van der Waals surface area contributed by atoms with Gasteiger partial charge in [-0.05, 0) is 43.4 Å². The van der Waals surface area contributed by atoms with Crippen LogP contribution >= 0.6 is 0 Å². The van der Waals surface area contributed by atoms with Crippen LogP contribution in [0.15, 0.2) is 0 Å². The standard InChI is InChI=1S/C22H42O2/c1-5-24-21(23)16-12-11-15-20-18-19(20)14-10-8-6-7-9-13-17-22(2,3)4/h19-20H,5-18H2,1-4H3. The van der Waals surface area contributed by atoms with Crippen LogP contribution in [0, 0.1) is 17.3 Å². The Morgan fingerprint density at radius 3 is 2.00 bits per heavy atom. The molecule has 142 valence electrons. The Morgan fingerprint density at radius 2 is 1.42 bits per heavy atom. The predicted molar refractivity (Wildman–Crippen MR) is 103 cm³/mol. The zero-order chi connectivity index (χ0) is 17.8. The lowest BCUT2D eigenvalue weighted by molar-refractivity contribution is -0.143. The van der Waals surface area contributed by atoms with E-state index in [1.165, 1.54) is 70.6 Å². The molecule has 0 radical (unpaired) electrons. The van der Waals surface area contributed by atoms with Gasteiger partial charge in [0.1, 0.15) is 0 Å². The van der Waals surface area contributed by atoms with Crippen LogP contribution in [-0.2, 0) is 9.53 Å². The predicted octanol–water partition coefficient (Wildman–Crippen LogP) is 6.91. The Kier molecular flexibility index (Phi) is 10.7. The number of hydrogen-bond acceptors (Lipinski definition) is 2. The third-order valence-electron chi connectivity index (χ3n) is 5.33. The molecule has 1 saturated carbocycles. The third-order valence-corrected chi connectivity index (χ3v) is 5.33. The first-order chi connectivity index (χ1) is 11.4. The van der Waals surface area contributed by atoms with Gasteiger partial charge in [-0.1, -0.05) is 78.6 Å². The fraction of sp³-hybridized carbons (Fsp3) is 0.955. The summed E-state index contributed by atoms with van der Waals surface area (Å²) in [7, 11) is 0. The molecule has 1 fully saturated rings. The fourth-order valence-electron chi connectivity index (χ4n) is 3.70. The summed E-state index contributed by atoms with van der Waals surface area (Å²) < 4.78 is 4.96. The summed E-state index contributed by atoms with van der Waals surface area (Å²) in [6.45, 7) is 9.42. The molecule has 2 atom stereocenters. The lowest BCUT2D eigenvalue weighted by Crippen LogP contribution is -2.03. The van der Waals surface area contributed by atoms with E-state index in [2.05, 4.69) is 20.8 Å². The van der Waals surface area contributed by atoms with Crippen molar-refractivity contribution in [3.05, 3.63) is 0 Å². The quantitative estimate of drug-likeness (QED) is 0.254. The third kappa shape index (κ3) is 11.9. The summed E-state index contributed by atoms with van der Waals surface area (Å²) in [4.78, 5) is 11.3. The van der Waals surface area contributed by atoms with Crippen LogP contribution in [0.5, 0.6) is 0 Å². The summed E-state index contributed by atoms with van der Waals surface area (Å²) in [6.07, 6.45) is 17.0. The van der Waals surface area contributed by atoms with Gasteiger partial charge in [-0.15, -0.1) is 0 Å². The number of ether oxygens (including phenoxy) is 1. The Balaban J connectivity index is 1.81. The molecule has 0 bridgehead atoms. The molecule has 2 heteroatoms. The lowest BCUT2D eigenvalue weighted by atomic mass is 9.89. The number of carbonyl (C=O) groups is 1. The average Bonchev–Trinajstić information content (AvgIpc) is 3.24. The summed E-state index contributed by atoms with van der Waals surface area (Å²) in [5.74, 6) is 1.96. The van der Waals surface area contributed by atoms with Crippen LogP contribution in [0.1, 0.15) is 111 Å². The SMILES string of the molecule is CCOC(=O)CCCCC1CC1CCCCCCCCC(C)(C)C. The second-order valence-electron chi connectivity index (χ2n) is 9.03. The second kappa shape index (κ2) is 11.9. The first kappa shape index (κ1) is 21.5. The molecule has 24 heavy (non-hydrogen) atoms. The van der Waals surface area contributed by atoms with Gasteiger partial charge < -0.3 is 4.74 Å². The van der Waals surface area contributed by atoms with Gasteiger partial charge in [0.15, 0.2) is 0 Å². The monoisotopic (exact) mass is 338 g/mol. The molecule has 2 nitrogen and oxygen atoms in total. The van der Waals surface area contributed by atoms with E-state index < -0.39 is 0 Å². The van der Waals surface area contributed by atoms with E-state index in [4.69, 9.17) is 4.74 Å². The van der Waals surface area contributed by atoms with Crippen molar-refractivity contribution in [3.63, 3.8) is 0 Å². The highest BCUT2D eigenvalue weighted by Gasteiger charge is 2.35. The molecule has 0 aromatic rings. The highest BCUT2D eigenvalue weighted by molar-refractivity contribution is 5.69. The maximum Gasteiger partial charge on any atom is 0.305 e. The lowest BCUT2D eigenvalue weighted by Gasteiger charge is -2.17. The molecule has 1 aliphatic carbocycles. The number of hydrogen-bond donors (Lipinski definition) is 0. The summed E-state index contributed by atoms with van der Waals surface area (Å²) in [5.41, 5.74) is 0.511. The van der Waals surface area contributed by atoms with Gasteiger partial charge in [0.25, 0.3) is 0 Å². The van der Waals surface area contributed by atoms with Crippen LogP contribution in [0.2, 0.25) is 0 Å². The molecule has 0 spiro atoms. The van der Waals surface area contributed by atoms with Crippen molar-refractivity contribution >= 4 is 5.97 Å². The number of rotatable bonds is 14. The van der Waals surface area contributed by atoms with E-state index in [0.717, 1.165) is 18.3 Å². The molecule has 1 rings (SSSR count). The largest absolute Gasteiger partial charge is 0.466 e. The van der Waals surface area contributed by atoms with E-state index in [-0.39, 0.29) is 5.97 Å². The van der Waals surface area contributed by atoms with Gasteiger partial charge >= 0.3 is 5.97 Å². The van der Waals surface area contributed by atoms with Crippen molar-refractivity contribution in [3.8, 4) is 0 Å². The molecule has 0 heterocycles. The molecular formula is C22H42O2. The minimum Gasteiger partial charge on any atom is -0.466 e. The smallest absolute Gasteiger partial charge is 0.305 e. The van der Waals surface area contributed by atoms with Crippen molar-refractivity contribution in [2.75, 3.05) is 6.61 Å². The molecule has 0 aromatic heterocycles. The maximum atomic E-state index is 11.3. The summed E-state index contributed by atoms with van der Waals surface area (Å²) in [5, 5.41) is 0. The Bertz CT molecular complexity index is 329. The molecule has 0 saturated heterocycles. The highest BCUT2D eigenvalue weighted by Crippen LogP contribution is 2.45. The van der Waals surface area contributed by atoms with Crippen molar-refractivity contribution in [2.24, 2.45) is 17.3 Å². The first-order valence-corrected chi connectivity index (χ1v) is 10.6. The Labute approximate surface area is 151 Å². The van der Waals surface area contributed by atoms with Crippen LogP contribution in [0.4, 0.5) is 0 Å². The van der Waals surface area contributed by atoms with Crippen LogP contribution in [0.25, 0.3) is 0 Å². The number of unbranched alkanes of at least 4 members (excludes halogenated alkanes) is 6. The minimum atomic E-state index is -0.0210. The van der Waals surface area contributed by atoms with E-state index in [0.29, 0.717) is 18.4 Å². The second-order valence-corrected chi connectivity index (χ2v) is 9.03. The van der Waals surface area contributed by atoms with Crippen LogP contribution in [-0.4, -0.2) is 12.6 Å². The highest BCUT2D eigenvalue weighted by atomic mass is 16.5. The zero-order valence-electron chi connectivity index (χ0n) is 16.9. The van der Waals surface area contributed by atoms with Crippen LogP contribution in [0.3, 0.4) is 0 Å². The fourth-order valence-corrected chi connectivity index (χ4v) is 3.70. The van der Waals surface area contributed by atoms with Gasteiger partial charge in [0.2, 0.25) is 0 Å². The Hall–Kier alpha value is -0.530. The molecule has 1 aliphatic rings. The molecular weight excluding hydrogens is 296 g/mol. The van der Waals surface area contributed by atoms with Gasteiger partial charge in [-0.3, -0.25) is 4.79 Å². The number of carbonyl (C=O) groups excluding carboxylic acids is 1. The summed E-state index contributed by atoms with van der Waals surface area (Å²) in [6, 6.07) is 0. The van der Waals surface area contributed by atoms with Gasteiger partial charge in [-0.2, -0.15) is 0 Å². The summed E-state index contributed by atoms with van der Waals surface area (Å²) >= 11 is 0. The average molecular weight is 339 g/mol. The molecule has 0 amide bonds. The van der Waals surface area contributed by atoms with Gasteiger partial charge in [0.05, 0.1) is 6.61 Å². The van der Waals surface area contributed by atoms with Crippen molar-refractivity contribution < 1.29 is 9.53 Å². The molecule has 0 N–H and O–H groups in total. The topological polar surface area (TPSA) is 26.3 Å². The zero-order valence-corrected chi connectivity index (χ0v) is 16.9. The molecule has 0 aromatic carbocycles. The minimum absolute atomic E-state index is 0.0210. The first-order valence-electron chi connectivity index (χ1n) is 10.6. The van der Waals surface area contributed by atoms with Crippen LogP contribution < -0.4 is 0 Å². The van der Waals surface area contributed by atoms with E-state index in [1.54, 1.807) is 0 Å². The molecule has 2 unspecified atom stereocenters. The van der Waals surface area contributed by atoms with E-state index in [9.17, 15) is 4.79 Å². The van der Waals surface area contributed by atoms with Crippen molar-refractivity contribution in [1.29, 1.82) is 0 Å². The van der Waals surface area contributed by atoms with E-state index in [1.807, 2.05) is 6.92 Å². The van der Waals surface area contributed by atoms with Gasteiger partial charge in [0, 0.05) is 6.42 Å². The van der Waals surface area contributed by atoms with E-state index >= 15 is 0 Å². The maximum absolute atomic E-state index is 11.3. The molecule has 0 aliphatic heterocycles. The van der Waals surface area contributed by atoms with Crippen molar-refractivity contribution in [1.82, 2.24) is 0 Å². The van der Waals surface area contributed by atoms with Crippen molar-refractivity contribution in [2.45, 2.75) is 111 Å². The Morgan fingerprint density at radius 1 is 0.875 bits per heavy atom.